The van der Waals surface area contributed by atoms with E-state index in [1.54, 1.807) is 12.1 Å². The SMILES string of the molecule is CC(C)COc1ccc(OCC(C)C)c([N+](=O)[O-])c1. The number of rotatable bonds is 7. The van der Waals surface area contributed by atoms with Crippen molar-refractivity contribution in [1.29, 1.82) is 0 Å². The van der Waals surface area contributed by atoms with Crippen molar-refractivity contribution >= 4 is 5.69 Å². The van der Waals surface area contributed by atoms with Crippen molar-refractivity contribution in [2.75, 3.05) is 13.2 Å². The summed E-state index contributed by atoms with van der Waals surface area (Å²) in [6, 6.07) is 4.71. The van der Waals surface area contributed by atoms with Gasteiger partial charge in [-0.15, -0.1) is 0 Å². The minimum atomic E-state index is -0.447. The minimum Gasteiger partial charge on any atom is -0.493 e. The molecule has 0 atom stereocenters. The second-order valence-corrected chi connectivity index (χ2v) is 5.30. The molecule has 0 saturated carbocycles. The summed E-state index contributed by atoms with van der Waals surface area (Å²) in [6.07, 6.45) is 0. The normalized spacial score (nSPS) is 10.8. The van der Waals surface area contributed by atoms with Gasteiger partial charge in [-0.1, -0.05) is 27.7 Å². The Morgan fingerprint density at radius 2 is 1.68 bits per heavy atom. The van der Waals surface area contributed by atoms with E-state index in [1.165, 1.54) is 6.07 Å². The van der Waals surface area contributed by atoms with Crippen molar-refractivity contribution in [1.82, 2.24) is 0 Å². The summed E-state index contributed by atoms with van der Waals surface area (Å²) in [5, 5.41) is 11.0. The van der Waals surface area contributed by atoms with E-state index in [-0.39, 0.29) is 11.4 Å². The van der Waals surface area contributed by atoms with Gasteiger partial charge in [0, 0.05) is 0 Å². The summed E-state index contributed by atoms with van der Waals surface area (Å²) < 4.78 is 10.9. The molecule has 0 N–H and O–H groups in total. The first-order valence-corrected chi connectivity index (χ1v) is 6.44. The Balaban J connectivity index is 2.85. The van der Waals surface area contributed by atoms with Crippen LogP contribution in [0.25, 0.3) is 0 Å². The van der Waals surface area contributed by atoms with Gasteiger partial charge in [0.15, 0.2) is 5.75 Å². The van der Waals surface area contributed by atoms with E-state index < -0.39 is 4.92 Å². The van der Waals surface area contributed by atoms with Crippen molar-refractivity contribution in [2.45, 2.75) is 27.7 Å². The van der Waals surface area contributed by atoms with Crippen molar-refractivity contribution < 1.29 is 14.4 Å². The maximum Gasteiger partial charge on any atom is 0.314 e. The molecule has 0 heterocycles. The molecule has 106 valence electrons. The Hall–Kier alpha value is -1.78. The van der Waals surface area contributed by atoms with Crippen LogP contribution in [-0.2, 0) is 0 Å². The smallest absolute Gasteiger partial charge is 0.314 e. The Bertz CT molecular complexity index is 429. The quantitative estimate of drug-likeness (QED) is 0.558. The first kappa shape index (κ1) is 15.3. The zero-order chi connectivity index (χ0) is 14.4. The summed E-state index contributed by atoms with van der Waals surface area (Å²) >= 11 is 0. The third-order valence-corrected chi connectivity index (χ3v) is 2.28. The average molecular weight is 267 g/mol. The fourth-order valence-electron chi connectivity index (χ4n) is 1.37. The Kier molecular flexibility index (Phi) is 5.60. The van der Waals surface area contributed by atoms with Crippen LogP contribution in [0.5, 0.6) is 11.5 Å². The van der Waals surface area contributed by atoms with E-state index in [0.29, 0.717) is 30.8 Å². The summed E-state index contributed by atoms with van der Waals surface area (Å²) in [5.41, 5.74) is -0.0538. The number of nitrogens with zero attached hydrogens (tertiary/aromatic N) is 1. The van der Waals surface area contributed by atoms with Crippen molar-refractivity contribution in [3.05, 3.63) is 28.3 Å². The second kappa shape index (κ2) is 6.97. The molecule has 0 bridgehead atoms. The highest BCUT2D eigenvalue weighted by Gasteiger charge is 2.17. The highest BCUT2D eigenvalue weighted by molar-refractivity contribution is 5.50. The zero-order valence-corrected chi connectivity index (χ0v) is 11.9. The number of benzene rings is 1. The number of nitro groups is 1. The van der Waals surface area contributed by atoms with Crippen LogP contribution in [0.4, 0.5) is 5.69 Å². The molecule has 0 unspecified atom stereocenters. The molecule has 0 aromatic heterocycles. The maximum absolute atomic E-state index is 11.0. The third-order valence-electron chi connectivity index (χ3n) is 2.28. The van der Waals surface area contributed by atoms with Crippen LogP contribution in [0.1, 0.15) is 27.7 Å². The van der Waals surface area contributed by atoms with Crippen LogP contribution in [0.2, 0.25) is 0 Å². The summed E-state index contributed by atoms with van der Waals surface area (Å²) in [7, 11) is 0. The molecule has 0 aliphatic carbocycles. The van der Waals surface area contributed by atoms with Crippen molar-refractivity contribution in [3.63, 3.8) is 0 Å². The molecule has 0 spiro atoms. The highest BCUT2D eigenvalue weighted by atomic mass is 16.6. The largest absolute Gasteiger partial charge is 0.493 e. The summed E-state index contributed by atoms with van der Waals surface area (Å²) in [5.74, 6) is 1.47. The van der Waals surface area contributed by atoms with E-state index in [2.05, 4.69) is 0 Å². The van der Waals surface area contributed by atoms with Crippen LogP contribution >= 0.6 is 0 Å². The first-order valence-electron chi connectivity index (χ1n) is 6.44. The number of hydrogen-bond acceptors (Lipinski definition) is 4. The van der Waals surface area contributed by atoms with Gasteiger partial charge in [0.25, 0.3) is 0 Å². The van der Waals surface area contributed by atoms with Gasteiger partial charge in [-0.2, -0.15) is 0 Å². The standard InChI is InChI=1S/C14H21NO4/c1-10(2)8-18-12-5-6-14(19-9-11(3)4)13(7-12)15(16)17/h5-7,10-11H,8-9H2,1-4H3. The van der Waals surface area contributed by atoms with Gasteiger partial charge in [-0.05, 0) is 24.0 Å². The molecule has 19 heavy (non-hydrogen) atoms. The van der Waals surface area contributed by atoms with E-state index in [4.69, 9.17) is 9.47 Å². The minimum absolute atomic E-state index is 0.0538. The Morgan fingerprint density at radius 3 is 2.21 bits per heavy atom. The Labute approximate surface area is 113 Å². The maximum atomic E-state index is 11.0. The lowest BCUT2D eigenvalue weighted by atomic mass is 10.2. The van der Waals surface area contributed by atoms with Gasteiger partial charge >= 0.3 is 5.69 Å². The molecule has 5 heteroatoms. The fourth-order valence-corrected chi connectivity index (χ4v) is 1.37. The van der Waals surface area contributed by atoms with E-state index in [1.807, 2.05) is 27.7 Å². The lowest BCUT2D eigenvalue weighted by molar-refractivity contribution is -0.386. The van der Waals surface area contributed by atoms with Crippen molar-refractivity contribution in [3.8, 4) is 11.5 Å². The molecular formula is C14H21NO4. The van der Waals surface area contributed by atoms with Crippen LogP contribution in [0, 0.1) is 22.0 Å². The Morgan fingerprint density at radius 1 is 1.11 bits per heavy atom. The molecule has 1 rings (SSSR count). The number of hydrogen-bond donors (Lipinski definition) is 0. The molecule has 1 aromatic carbocycles. The fraction of sp³-hybridized carbons (Fsp3) is 0.571. The van der Waals surface area contributed by atoms with Gasteiger partial charge in [0.05, 0.1) is 24.2 Å². The molecule has 0 aliphatic heterocycles. The van der Waals surface area contributed by atoms with Gasteiger partial charge in [-0.3, -0.25) is 10.1 Å². The lowest BCUT2D eigenvalue weighted by Gasteiger charge is -2.11. The lowest BCUT2D eigenvalue weighted by Crippen LogP contribution is -2.07. The predicted molar refractivity (Wildman–Crippen MR) is 73.8 cm³/mol. The first-order chi connectivity index (χ1) is 8.90. The zero-order valence-electron chi connectivity index (χ0n) is 11.9. The monoisotopic (exact) mass is 267 g/mol. The van der Waals surface area contributed by atoms with Crippen LogP contribution in [0.3, 0.4) is 0 Å². The molecule has 0 saturated heterocycles. The van der Waals surface area contributed by atoms with E-state index in [9.17, 15) is 10.1 Å². The second-order valence-electron chi connectivity index (χ2n) is 5.30. The summed E-state index contributed by atoms with van der Waals surface area (Å²) in [6.45, 7) is 9.01. The van der Waals surface area contributed by atoms with E-state index in [0.717, 1.165) is 0 Å². The van der Waals surface area contributed by atoms with Crippen LogP contribution in [-0.4, -0.2) is 18.1 Å². The van der Waals surface area contributed by atoms with Crippen molar-refractivity contribution in [2.24, 2.45) is 11.8 Å². The van der Waals surface area contributed by atoms with Gasteiger partial charge < -0.3 is 9.47 Å². The molecular weight excluding hydrogens is 246 g/mol. The van der Waals surface area contributed by atoms with Gasteiger partial charge in [0.1, 0.15) is 5.75 Å². The van der Waals surface area contributed by atoms with Gasteiger partial charge in [0.2, 0.25) is 0 Å². The molecule has 0 aliphatic rings. The average Bonchev–Trinajstić information content (AvgIpc) is 2.33. The molecule has 0 amide bonds. The summed E-state index contributed by atoms with van der Waals surface area (Å²) in [4.78, 5) is 10.6. The topological polar surface area (TPSA) is 61.6 Å². The molecule has 5 nitrogen and oxygen atoms in total. The van der Waals surface area contributed by atoms with Crippen LogP contribution < -0.4 is 9.47 Å². The van der Waals surface area contributed by atoms with E-state index >= 15 is 0 Å². The number of ether oxygens (including phenoxy) is 2. The predicted octanol–water partition coefficient (Wildman–Crippen LogP) is 3.66. The van der Waals surface area contributed by atoms with Gasteiger partial charge in [-0.25, -0.2) is 0 Å². The highest BCUT2D eigenvalue weighted by Crippen LogP contribution is 2.31. The third kappa shape index (κ3) is 5.16. The number of nitro benzene ring substituents is 1. The molecule has 0 radical (unpaired) electrons. The molecule has 0 fully saturated rings. The van der Waals surface area contributed by atoms with Crippen LogP contribution in [0.15, 0.2) is 18.2 Å². The molecule has 1 aromatic rings.